The summed E-state index contributed by atoms with van der Waals surface area (Å²) in [5, 5.41) is 2.58. The molecule has 0 fully saturated rings. The number of aromatic nitrogens is 2. The van der Waals surface area contributed by atoms with Gasteiger partial charge >= 0.3 is 0 Å². The minimum Gasteiger partial charge on any atom is -0.248 e. The molecule has 0 unspecified atom stereocenters. The second kappa shape index (κ2) is 12.5. The second-order valence-electron chi connectivity index (χ2n) is 12.2. The maximum Gasteiger partial charge on any atom is 0.0709 e. The molecular weight excluding hydrogens is 613 g/mol. The van der Waals surface area contributed by atoms with Crippen LogP contribution in [0.4, 0.5) is 0 Å². The molecule has 0 bridgehead atoms. The fourth-order valence-electron chi connectivity index (χ4n) is 6.65. The molecule has 0 aliphatic heterocycles. The zero-order valence-corrected chi connectivity index (χ0v) is 27.4. The second-order valence-corrected chi connectivity index (χ2v) is 13.2. The summed E-state index contributed by atoms with van der Waals surface area (Å²) in [7, 11) is 0. The molecule has 0 aliphatic carbocycles. The van der Waals surface area contributed by atoms with Crippen LogP contribution in [0.3, 0.4) is 0 Å². The van der Waals surface area contributed by atoms with Crippen molar-refractivity contribution in [2.24, 2.45) is 0 Å². The van der Waals surface area contributed by atoms with Gasteiger partial charge in [-0.25, -0.2) is 9.97 Å². The summed E-state index contributed by atoms with van der Waals surface area (Å²) in [5.41, 5.74) is 13.3. The molecule has 0 radical (unpaired) electrons. The average molecular weight is 643 g/mol. The molecule has 0 N–H and O–H groups in total. The van der Waals surface area contributed by atoms with Crippen LogP contribution in [-0.4, -0.2) is 9.97 Å². The molecule has 6 aromatic carbocycles. The van der Waals surface area contributed by atoms with Crippen molar-refractivity contribution in [2.75, 3.05) is 0 Å². The summed E-state index contributed by atoms with van der Waals surface area (Å²) in [5.74, 6) is 0. The van der Waals surface area contributed by atoms with Crippen molar-refractivity contribution in [3.8, 4) is 67.3 Å². The number of benzene rings is 6. The van der Waals surface area contributed by atoms with Gasteiger partial charge in [-0.3, -0.25) is 0 Å². The Kier molecular flexibility index (Phi) is 7.38. The third-order valence-corrected chi connectivity index (χ3v) is 10.4. The Labute approximate surface area is 289 Å². The van der Waals surface area contributed by atoms with Crippen molar-refractivity contribution >= 4 is 31.5 Å². The van der Waals surface area contributed by atoms with E-state index in [0.717, 1.165) is 45.0 Å². The van der Waals surface area contributed by atoms with E-state index in [4.69, 9.17) is 9.97 Å². The summed E-state index contributed by atoms with van der Waals surface area (Å²) in [4.78, 5) is 9.94. The zero-order chi connectivity index (χ0) is 32.6. The smallest absolute Gasteiger partial charge is 0.0709 e. The highest BCUT2D eigenvalue weighted by atomic mass is 32.1. The van der Waals surface area contributed by atoms with Crippen LogP contribution in [0.5, 0.6) is 0 Å². The lowest BCUT2D eigenvalue weighted by Crippen LogP contribution is -1.88. The number of rotatable bonds is 6. The maximum absolute atomic E-state index is 4.97. The van der Waals surface area contributed by atoms with Gasteiger partial charge in [0.05, 0.1) is 22.8 Å². The van der Waals surface area contributed by atoms with Gasteiger partial charge in [0, 0.05) is 42.4 Å². The maximum atomic E-state index is 4.97. The number of hydrogen-bond acceptors (Lipinski definition) is 3. The van der Waals surface area contributed by atoms with Gasteiger partial charge in [-0.1, -0.05) is 158 Å². The predicted octanol–water partition coefficient (Wildman–Crippen LogP) is 12.8. The van der Waals surface area contributed by atoms with E-state index >= 15 is 0 Å². The Bertz CT molecular complexity index is 2390. The topological polar surface area (TPSA) is 25.8 Å². The number of pyridine rings is 2. The van der Waals surface area contributed by atoms with Crippen molar-refractivity contribution < 1.29 is 0 Å². The van der Waals surface area contributed by atoms with E-state index in [0.29, 0.717) is 0 Å². The molecule has 0 amide bonds. The largest absolute Gasteiger partial charge is 0.248 e. The summed E-state index contributed by atoms with van der Waals surface area (Å²) < 4.78 is 2.61. The van der Waals surface area contributed by atoms with Crippen LogP contribution in [0.25, 0.3) is 87.5 Å². The minimum absolute atomic E-state index is 0.975. The molecule has 0 saturated carbocycles. The van der Waals surface area contributed by atoms with Crippen molar-refractivity contribution in [1.29, 1.82) is 0 Å². The summed E-state index contributed by atoms with van der Waals surface area (Å²) >= 11 is 1.88. The first kappa shape index (κ1) is 29.0. The molecule has 230 valence electrons. The molecule has 9 aromatic rings. The third kappa shape index (κ3) is 5.50. The van der Waals surface area contributed by atoms with Gasteiger partial charge < -0.3 is 0 Å². The van der Waals surface area contributed by atoms with Crippen LogP contribution >= 0.6 is 11.3 Å². The molecular formula is C46H30N2S. The van der Waals surface area contributed by atoms with Gasteiger partial charge in [-0.05, 0) is 46.5 Å². The highest BCUT2D eigenvalue weighted by Crippen LogP contribution is 2.44. The quantitative estimate of drug-likeness (QED) is 0.180. The van der Waals surface area contributed by atoms with Gasteiger partial charge in [0.25, 0.3) is 0 Å². The Balaban J connectivity index is 1.05. The SMILES string of the molecule is c1ccc(-c2cccc(-c3ccc(-c4cccc5c4sc4c(-c6ccc(-c7cccc(-c8ccccc8)n7)cc6)cccc45)cc3)n2)cc1. The fraction of sp³-hybridized carbons (Fsp3) is 0. The van der Waals surface area contributed by atoms with E-state index < -0.39 is 0 Å². The van der Waals surface area contributed by atoms with Crippen molar-refractivity contribution in [3.63, 3.8) is 0 Å². The Morgan fingerprint density at radius 2 is 0.592 bits per heavy atom. The van der Waals surface area contributed by atoms with Gasteiger partial charge in [0.1, 0.15) is 0 Å². The average Bonchev–Trinajstić information content (AvgIpc) is 3.58. The van der Waals surface area contributed by atoms with Gasteiger partial charge in [0.2, 0.25) is 0 Å². The Morgan fingerprint density at radius 3 is 0.980 bits per heavy atom. The standard InChI is InChI=1S/C46H30N2S/c1-3-11-33(12-4-1)41-19-9-21-43(47-41)35-27-23-31(24-28-35)37-15-7-17-39-40-18-8-16-38(46(40)49-45(37)39)32-25-29-36(30-26-32)44-22-10-20-42(48-44)34-13-5-2-6-14-34/h1-30H. The van der Waals surface area contributed by atoms with E-state index in [1.54, 1.807) is 0 Å². The van der Waals surface area contributed by atoms with Crippen LogP contribution in [0, 0.1) is 0 Å². The number of thiophene rings is 1. The summed E-state index contributed by atoms with van der Waals surface area (Å²) in [6, 6.07) is 64.2. The molecule has 0 atom stereocenters. The van der Waals surface area contributed by atoms with E-state index in [1.807, 2.05) is 23.5 Å². The van der Waals surface area contributed by atoms with Crippen molar-refractivity contribution in [2.45, 2.75) is 0 Å². The van der Waals surface area contributed by atoms with Crippen LogP contribution in [-0.2, 0) is 0 Å². The first-order valence-electron chi connectivity index (χ1n) is 16.5. The van der Waals surface area contributed by atoms with E-state index in [2.05, 4.69) is 170 Å². The van der Waals surface area contributed by atoms with Crippen LogP contribution in [0.2, 0.25) is 0 Å². The van der Waals surface area contributed by atoms with E-state index in [-0.39, 0.29) is 0 Å². The van der Waals surface area contributed by atoms with Crippen LogP contribution in [0.15, 0.2) is 182 Å². The first-order chi connectivity index (χ1) is 24.3. The number of hydrogen-bond donors (Lipinski definition) is 0. The van der Waals surface area contributed by atoms with Crippen LogP contribution in [0.1, 0.15) is 0 Å². The van der Waals surface area contributed by atoms with Crippen molar-refractivity contribution in [1.82, 2.24) is 9.97 Å². The van der Waals surface area contributed by atoms with Gasteiger partial charge in [0.15, 0.2) is 0 Å². The summed E-state index contributed by atoms with van der Waals surface area (Å²) in [6.45, 7) is 0. The lowest BCUT2D eigenvalue weighted by molar-refractivity contribution is 1.32. The molecule has 49 heavy (non-hydrogen) atoms. The lowest BCUT2D eigenvalue weighted by atomic mass is 9.98. The highest BCUT2D eigenvalue weighted by molar-refractivity contribution is 7.26. The number of fused-ring (bicyclic) bond motifs is 3. The van der Waals surface area contributed by atoms with Crippen molar-refractivity contribution in [3.05, 3.63) is 182 Å². The molecule has 3 heteroatoms. The van der Waals surface area contributed by atoms with E-state index in [1.165, 1.54) is 42.4 Å². The Hall–Kier alpha value is -6.16. The summed E-state index contributed by atoms with van der Waals surface area (Å²) in [6.07, 6.45) is 0. The first-order valence-corrected chi connectivity index (χ1v) is 17.3. The normalized spacial score (nSPS) is 11.3. The fourth-order valence-corrected chi connectivity index (χ4v) is 8.02. The minimum atomic E-state index is 0.975. The molecule has 9 rings (SSSR count). The predicted molar refractivity (Wildman–Crippen MR) is 208 cm³/mol. The van der Waals surface area contributed by atoms with Gasteiger partial charge in [-0.15, -0.1) is 11.3 Å². The van der Waals surface area contributed by atoms with E-state index in [9.17, 15) is 0 Å². The monoisotopic (exact) mass is 642 g/mol. The van der Waals surface area contributed by atoms with Crippen LogP contribution < -0.4 is 0 Å². The number of nitrogens with zero attached hydrogens (tertiary/aromatic N) is 2. The Morgan fingerprint density at radius 1 is 0.265 bits per heavy atom. The molecule has 0 spiro atoms. The highest BCUT2D eigenvalue weighted by Gasteiger charge is 2.15. The molecule has 3 aromatic heterocycles. The molecule has 2 nitrogen and oxygen atoms in total. The third-order valence-electron chi connectivity index (χ3n) is 9.14. The molecule has 0 saturated heterocycles. The lowest BCUT2D eigenvalue weighted by Gasteiger charge is -2.08. The molecule has 0 aliphatic rings. The molecule has 3 heterocycles. The van der Waals surface area contributed by atoms with Gasteiger partial charge in [-0.2, -0.15) is 0 Å². The zero-order valence-electron chi connectivity index (χ0n) is 26.6.